The maximum Gasteiger partial charge on any atom is 0.373 e. The molecule has 0 bridgehead atoms. The Morgan fingerprint density at radius 3 is 2.89 bits per heavy atom. The van der Waals surface area contributed by atoms with Gasteiger partial charge in [0.25, 0.3) is 0 Å². The summed E-state index contributed by atoms with van der Waals surface area (Å²) in [6.45, 7) is 3.07. The summed E-state index contributed by atoms with van der Waals surface area (Å²) in [6.07, 6.45) is 5.36. The lowest BCUT2D eigenvalue weighted by atomic mass is 10.1. The molecule has 0 spiro atoms. The second kappa shape index (κ2) is 6.05. The van der Waals surface area contributed by atoms with Gasteiger partial charge in [0.1, 0.15) is 5.76 Å². The van der Waals surface area contributed by atoms with E-state index in [1.165, 1.54) is 32.8 Å². The minimum Gasteiger partial charge on any atom is -0.463 e. The molecule has 1 aliphatic rings. The molecule has 18 heavy (non-hydrogen) atoms. The van der Waals surface area contributed by atoms with Crippen LogP contribution in [0.2, 0.25) is 0 Å². The predicted octanol–water partition coefficient (Wildman–Crippen LogP) is 2.91. The molecule has 1 aromatic heterocycles. The summed E-state index contributed by atoms with van der Waals surface area (Å²) in [5.74, 6) is 1.42. The van der Waals surface area contributed by atoms with Crippen molar-refractivity contribution in [1.29, 1.82) is 0 Å². The molecule has 1 aliphatic carbocycles. The lowest BCUT2D eigenvalue weighted by molar-refractivity contribution is 0.0562. The Labute approximate surface area is 108 Å². The first-order valence-electron chi connectivity index (χ1n) is 6.62. The monoisotopic (exact) mass is 251 g/mol. The van der Waals surface area contributed by atoms with Gasteiger partial charge in [0.05, 0.1) is 13.2 Å². The molecule has 2 rings (SSSR count). The Kier molecular flexibility index (Phi) is 4.42. The molecule has 0 amide bonds. The molecule has 1 N–H and O–H groups in total. The van der Waals surface area contributed by atoms with Gasteiger partial charge in [0.2, 0.25) is 5.76 Å². The van der Waals surface area contributed by atoms with Crippen LogP contribution in [-0.2, 0) is 4.74 Å². The molecule has 1 aromatic rings. The number of nitrogens with one attached hydrogen (secondary N) is 1. The number of methoxy groups -OCH3 is 1. The molecule has 1 heterocycles. The first kappa shape index (κ1) is 13.1. The maximum absolute atomic E-state index is 11.3. The summed E-state index contributed by atoms with van der Waals surface area (Å²) < 4.78 is 10.1. The Balaban J connectivity index is 1.85. The minimum absolute atomic E-state index is 0.129. The first-order chi connectivity index (χ1) is 8.70. The number of carbonyl (C=O) groups excluding carboxylic acids is 1. The van der Waals surface area contributed by atoms with Crippen molar-refractivity contribution in [2.45, 2.75) is 38.6 Å². The average molecular weight is 251 g/mol. The van der Waals surface area contributed by atoms with E-state index in [1.54, 1.807) is 6.07 Å². The van der Waals surface area contributed by atoms with Gasteiger partial charge in [0, 0.05) is 0 Å². The average Bonchev–Trinajstić information content (AvgIpc) is 3.05. The number of hydrogen-bond acceptors (Lipinski definition) is 4. The highest BCUT2D eigenvalue weighted by atomic mass is 16.5. The second-order valence-corrected chi connectivity index (χ2v) is 4.97. The zero-order valence-electron chi connectivity index (χ0n) is 11.1. The standard InChI is InChI=1S/C14H21NO3/c1-10(15-9-11-5-3-4-6-11)12-7-8-13(18-12)14(16)17-2/h7-8,10-11,15H,3-6,9H2,1-2H3. The number of carbonyl (C=O) groups is 1. The van der Waals surface area contributed by atoms with Gasteiger partial charge in [-0.15, -0.1) is 0 Å². The summed E-state index contributed by atoms with van der Waals surface area (Å²) >= 11 is 0. The molecule has 1 saturated carbocycles. The molecule has 4 nitrogen and oxygen atoms in total. The van der Waals surface area contributed by atoms with E-state index in [0.29, 0.717) is 0 Å². The zero-order valence-corrected chi connectivity index (χ0v) is 11.1. The highest BCUT2D eigenvalue weighted by Gasteiger charge is 2.18. The third kappa shape index (κ3) is 3.13. The number of esters is 1. The van der Waals surface area contributed by atoms with Crippen LogP contribution in [0.3, 0.4) is 0 Å². The SMILES string of the molecule is COC(=O)c1ccc(C(C)NCC2CCCC2)o1. The summed E-state index contributed by atoms with van der Waals surface area (Å²) in [5, 5.41) is 3.47. The lowest BCUT2D eigenvalue weighted by Crippen LogP contribution is -2.24. The van der Waals surface area contributed by atoms with Crippen LogP contribution >= 0.6 is 0 Å². The molecule has 100 valence electrons. The molecule has 4 heteroatoms. The van der Waals surface area contributed by atoms with Crippen molar-refractivity contribution in [3.8, 4) is 0 Å². The summed E-state index contributed by atoms with van der Waals surface area (Å²) in [5.41, 5.74) is 0. The maximum atomic E-state index is 11.3. The van der Waals surface area contributed by atoms with E-state index in [4.69, 9.17) is 4.42 Å². The number of hydrogen-bond donors (Lipinski definition) is 1. The Bertz CT molecular complexity index is 393. The van der Waals surface area contributed by atoms with E-state index in [9.17, 15) is 4.79 Å². The third-order valence-electron chi connectivity index (χ3n) is 3.63. The van der Waals surface area contributed by atoms with Gasteiger partial charge in [-0.3, -0.25) is 0 Å². The zero-order chi connectivity index (χ0) is 13.0. The van der Waals surface area contributed by atoms with Crippen LogP contribution in [0.4, 0.5) is 0 Å². The first-order valence-corrected chi connectivity index (χ1v) is 6.62. The molecule has 0 aliphatic heterocycles. The highest BCUT2D eigenvalue weighted by molar-refractivity contribution is 5.86. The van der Waals surface area contributed by atoms with Crippen LogP contribution in [0.5, 0.6) is 0 Å². The van der Waals surface area contributed by atoms with Crippen LogP contribution in [0.25, 0.3) is 0 Å². The number of rotatable bonds is 5. The van der Waals surface area contributed by atoms with Crippen molar-refractivity contribution in [1.82, 2.24) is 5.32 Å². The van der Waals surface area contributed by atoms with Gasteiger partial charge in [-0.25, -0.2) is 4.79 Å². The Morgan fingerprint density at radius 1 is 1.50 bits per heavy atom. The highest BCUT2D eigenvalue weighted by Crippen LogP contribution is 2.25. The van der Waals surface area contributed by atoms with E-state index in [0.717, 1.165) is 18.2 Å². The molecule has 1 unspecified atom stereocenters. The summed E-state index contributed by atoms with van der Waals surface area (Å²) in [4.78, 5) is 11.3. The number of ether oxygens (including phenoxy) is 1. The minimum atomic E-state index is -0.427. The molecular weight excluding hydrogens is 230 g/mol. The molecule has 0 aromatic carbocycles. The van der Waals surface area contributed by atoms with Crippen molar-refractivity contribution < 1.29 is 13.9 Å². The normalized spacial score (nSPS) is 17.9. The quantitative estimate of drug-likeness (QED) is 0.817. The van der Waals surface area contributed by atoms with Gasteiger partial charge >= 0.3 is 5.97 Å². The van der Waals surface area contributed by atoms with Crippen molar-refractivity contribution in [3.63, 3.8) is 0 Å². The van der Waals surface area contributed by atoms with Crippen molar-refractivity contribution in [3.05, 3.63) is 23.7 Å². The van der Waals surface area contributed by atoms with Gasteiger partial charge in [-0.2, -0.15) is 0 Å². The summed E-state index contributed by atoms with van der Waals surface area (Å²) in [6, 6.07) is 3.62. The molecular formula is C14H21NO3. The molecule has 0 saturated heterocycles. The lowest BCUT2D eigenvalue weighted by Gasteiger charge is -2.15. The van der Waals surface area contributed by atoms with Crippen LogP contribution < -0.4 is 5.32 Å². The number of furan rings is 1. The Hall–Kier alpha value is -1.29. The molecule has 1 atom stereocenters. The summed E-state index contributed by atoms with van der Waals surface area (Å²) in [7, 11) is 1.35. The smallest absolute Gasteiger partial charge is 0.373 e. The van der Waals surface area contributed by atoms with Gasteiger partial charge in [-0.05, 0) is 44.4 Å². The fourth-order valence-corrected chi connectivity index (χ4v) is 2.45. The predicted molar refractivity (Wildman–Crippen MR) is 68.4 cm³/mol. The second-order valence-electron chi connectivity index (χ2n) is 4.97. The van der Waals surface area contributed by atoms with Crippen molar-refractivity contribution in [2.75, 3.05) is 13.7 Å². The third-order valence-corrected chi connectivity index (χ3v) is 3.63. The molecule has 1 fully saturated rings. The van der Waals surface area contributed by atoms with Crippen LogP contribution in [0.1, 0.15) is 55.0 Å². The van der Waals surface area contributed by atoms with Crippen molar-refractivity contribution >= 4 is 5.97 Å². The Morgan fingerprint density at radius 2 is 2.22 bits per heavy atom. The van der Waals surface area contributed by atoms with Crippen molar-refractivity contribution in [2.24, 2.45) is 5.92 Å². The fourth-order valence-electron chi connectivity index (χ4n) is 2.45. The fraction of sp³-hybridized carbons (Fsp3) is 0.643. The van der Waals surface area contributed by atoms with Gasteiger partial charge < -0.3 is 14.5 Å². The van der Waals surface area contributed by atoms with Crippen LogP contribution in [-0.4, -0.2) is 19.6 Å². The largest absolute Gasteiger partial charge is 0.463 e. The van der Waals surface area contributed by atoms with E-state index in [1.807, 2.05) is 6.07 Å². The van der Waals surface area contributed by atoms with E-state index in [2.05, 4.69) is 17.0 Å². The van der Waals surface area contributed by atoms with Gasteiger partial charge in [0.15, 0.2) is 0 Å². The van der Waals surface area contributed by atoms with Crippen LogP contribution in [0.15, 0.2) is 16.5 Å². The van der Waals surface area contributed by atoms with E-state index >= 15 is 0 Å². The molecule has 0 radical (unpaired) electrons. The van der Waals surface area contributed by atoms with Gasteiger partial charge in [-0.1, -0.05) is 12.8 Å². The topological polar surface area (TPSA) is 51.5 Å². The van der Waals surface area contributed by atoms with E-state index < -0.39 is 5.97 Å². The van der Waals surface area contributed by atoms with Crippen LogP contribution in [0, 0.1) is 5.92 Å². The van der Waals surface area contributed by atoms with E-state index in [-0.39, 0.29) is 11.8 Å².